The molecule has 0 N–H and O–H groups in total. The fourth-order valence-electron chi connectivity index (χ4n) is 4.80. The van der Waals surface area contributed by atoms with Crippen molar-refractivity contribution in [3.05, 3.63) is 47.6 Å². The predicted octanol–water partition coefficient (Wildman–Crippen LogP) is 2.68. The van der Waals surface area contributed by atoms with Gasteiger partial charge in [-0.1, -0.05) is 49.3 Å². The molecule has 2 saturated heterocycles. The lowest BCUT2D eigenvalue weighted by Crippen LogP contribution is -2.52. The lowest BCUT2D eigenvalue weighted by Gasteiger charge is -2.41. The van der Waals surface area contributed by atoms with Crippen LogP contribution in [-0.2, 0) is 16.6 Å². The smallest absolute Gasteiger partial charge is 0.236 e. The van der Waals surface area contributed by atoms with Gasteiger partial charge in [0.25, 0.3) is 0 Å². The Hall–Kier alpha value is -2.21. The Bertz CT molecular complexity index is 819. The number of amides is 1. The van der Waals surface area contributed by atoms with Crippen molar-refractivity contribution in [2.75, 3.05) is 32.7 Å². The van der Waals surface area contributed by atoms with Crippen LogP contribution in [0.25, 0.3) is 0 Å². The Labute approximate surface area is 166 Å². The zero-order valence-corrected chi connectivity index (χ0v) is 17.1. The molecule has 0 bridgehead atoms. The van der Waals surface area contributed by atoms with Crippen molar-refractivity contribution in [3.63, 3.8) is 0 Å². The van der Waals surface area contributed by atoms with E-state index < -0.39 is 0 Å². The third kappa shape index (κ3) is 3.58. The van der Waals surface area contributed by atoms with E-state index in [4.69, 9.17) is 4.52 Å². The second-order valence-corrected chi connectivity index (χ2v) is 8.67. The van der Waals surface area contributed by atoms with Gasteiger partial charge in [-0.15, -0.1) is 0 Å². The number of aryl methyl sites for hydroxylation is 1. The van der Waals surface area contributed by atoms with Gasteiger partial charge >= 0.3 is 0 Å². The number of carbonyl (C=O) groups is 1. The standard InChI is InChI=1S/C22H30N4O2/c1-16(2)20(27)26-13-19-10-12-25(11-9-18-7-5-4-6-8-18)14-22(19,15-26)21-23-17(3)24-28-21/h4-8,16,19H,9-15H2,1-3H3/t19-,22-/m0/s1. The first-order valence-corrected chi connectivity index (χ1v) is 10.3. The topological polar surface area (TPSA) is 62.5 Å². The minimum atomic E-state index is -0.249. The van der Waals surface area contributed by atoms with E-state index >= 15 is 0 Å². The van der Waals surface area contributed by atoms with E-state index in [-0.39, 0.29) is 17.2 Å². The minimum absolute atomic E-state index is 0.0100. The molecule has 3 heterocycles. The lowest BCUT2D eigenvalue weighted by molar-refractivity contribution is -0.133. The van der Waals surface area contributed by atoms with E-state index in [1.54, 1.807) is 0 Å². The first kappa shape index (κ1) is 19.1. The number of rotatable bonds is 5. The van der Waals surface area contributed by atoms with Gasteiger partial charge in [-0.2, -0.15) is 4.98 Å². The van der Waals surface area contributed by atoms with Crippen molar-refractivity contribution < 1.29 is 9.32 Å². The molecule has 2 aromatic rings. The van der Waals surface area contributed by atoms with Crippen molar-refractivity contribution in [1.82, 2.24) is 19.9 Å². The van der Waals surface area contributed by atoms with E-state index in [1.807, 2.05) is 25.7 Å². The Morgan fingerprint density at radius 1 is 1.29 bits per heavy atom. The van der Waals surface area contributed by atoms with Crippen LogP contribution in [0.1, 0.15) is 37.5 Å². The van der Waals surface area contributed by atoms with Gasteiger partial charge in [0, 0.05) is 32.1 Å². The van der Waals surface area contributed by atoms with Crippen molar-refractivity contribution in [3.8, 4) is 0 Å². The molecule has 150 valence electrons. The summed E-state index contributed by atoms with van der Waals surface area (Å²) in [6, 6.07) is 10.6. The summed E-state index contributed by atoms with van der Waals surface area (Å²) in [5, 5.41) is 4.06. The molecular weight excluding hydrogens is 352 g/mol. The zero-order chi connectivity index (χ0) is 19.7. The molecule has 28 heavy (non-hydrogen) atoms. The van der Waals surface area contributed by atoms with Crippen LogP contribution >= 0.6 is 0 Å². The summed E-state index contributed by atoms with van der Waals surface area (Å²) in [4.78, 5) is 21.9. The van der Waals surface area contributed by atoms with Gasteiger partial charge < -0.3 is 14.3 Å². The molecule has 2 atom stereocenters. The summed E-state index contributed by atoms with van der Waals surface area (Å²) >= 11 is 0. The number of aromatic nitrogens is 2. The number of benzene rings is 1. The monoisotopic (exact) mass is 382 g/mol. The number of fused-ring (bicyclic) bond motifs is 1. The third-order valence-electron chi connectivity index (χ3n) is 6.31. The van der Waals surface area contributed by atoms with Crippen molar-refractivity contribution in [2.45, 2.75) is 39.0 Å². The maximum Gasteiger partial charge on any atom is 0.236 e. The van der Waals surface area contributed by atoms with Gasteiger partial charge in [-0.25, -0.2) is 0 Å². The van der Waals surface area contributed by atoms with Crippen molar-refractivity contribution in [1.29, 1.82) is 0 Å². The Morgan fingerprint density at radius 2 is 2.07 bits per heavy atom. The normalized spacial score (nSPS) is 25.3. The van der Waals surface area contributed by atoms with Crippen LogP contribution < -0.4 is 0 Å². The van der Waals surface area contributed by atoms with E-state index in [9.17, 15) is 4.79 Å². The summed E-state index contributed by atoms with van der Waals surface area (Å²) in [5.41, 5.74) is 1.11. The molecule has 0 unspecified atom stereocenters. The molecule has 1 amide bonds. The van der Waals surface area contributed by atoms with Gasteiger partial charge in [0.05, 0.1) is 5.41 Å². The highest BCUT2D eigenvalue weighted by Crippen LogP contribution is 2.44. The molecule has 0 saturated carbocycles. The van der Waals surface area contributed by atoms with Gasteiger partial charge in [0.1, 0.15) is 0 Å². The van der Waals surface area contributed by atoms with Crippen LogP contribution in [0.3, 0.4) is 0 Å². The molecule has 2 aliphatic heterocycles. The Morgan fingerprint density at radius 3 is 2.75 bits per heavy atom. The first-order chi connectivity index (χ1) is 13.5. The fourth-order valence-corrected chi connectivity index (χ4v) is 4.80. The molecule has 1 aromatic heterocycles. The van der Waals surface area contributed by atoms with E-state index in [0.29, 0.717) is 24.2 Å². The van der Waals surface area contributed by atoms with Crippen molar-refractivity contribution in [2.24, 2.45) is 11.8 Å². The van der Waals surface area contributed by atoms with E-state index in [1.165, 1.54) is 5.56 Å². The SMILES string of the molecule is Cc1noc([C@]23CN(CCc4ccccc4)CC[C@H]2CN(C(=O)C(C)C)C3)n1. The zero-order valence-electron chi connectivity index (χ0n) is 17.1. The van der Waals surface area contributed by atoms with E-state index in [0.717, 1.165) is 39.0 Å². The highest BCUT2D eigenvalue weighted by molar-refractivity contribution is 5.78. The summed E-state index contributed by atoms with van der Waals surface area (Å²) in [7, 11) is 0. The molecule has 2 fully saturated rings. The second kappa shape index (κ2) is 7.66. The predicted molar refractivity (Wildman–Crippen MR) is 107 cm³/mol. The number of likely N-dealkylation sites (tertiary alicyclic amines) is 2. The summed E-state index contributed by atoms with van der Waals surface area (Å²) in [6.45, 7) is 10.2. The third-order valence-corrected chi connectivity index (χ3v) is 6.31. The first-order valence-electron chi connectivity index (χ1n) is 10.3. The summed E-state index contributed by atoms with van der Waals surface area (Å²) in [5.74, 6) is 1.98. The number of hydrogen-bond donors (Lipinski definition) is 0. The Balaban J connectivity index is 1.55. The van der Waals surface area contributed by atoms with Crippen LogP contribution in [-0.4, -0.2) is 58.6 Å². The number of carbonyl (C=O) groups excluding carboxylic acids is 1. The van der Waals surface area contributed by atoms with Gasteiger partial charge in [0.2, 0.25) is 11.8 Å². The summed E-state index contributed by atoms with van der Waals surface area (Å²) in [6.07, 6.45) is 2.08. The number of hydrogen-bond acceptors (Lipinski definition) is 5. The van der Waals surface area contributed by atoms with Crippen molar-refractivity contribution >= 4 is 5.91 Å². The molecule has 0 radical (unpaired) electrons. The van der Waals surface area contributed by atoms with Crippen LogP contribution in [0.2, 0.25) is 0 Å². The maximum absolute atomic E-state index is 12.7. The average molecular weight is 383 g/mol. The molecular formula is C22H30N4O2. The van der Waals surface area contributed by atoms with Crippen LogP contribution in [0, 0.1) is 18.8 Å². The Kier molecular flexibility index (Phi) is 5.23. The van der Waals surface area contributed by atoms with Crippen LogP contribution in [0.4, 0.5) is 0 Å². The largest absolute Gasteiger partial charge is 0.341 e. The van der Waals surface area contributed by atoms with E-state index in [2.05, 4.69) is 45.4 Å². The maximum atomic E-state index is 12.7. The van der Waals surface area contributed by atoms with Crippen LogP contribution in [0.15, 0.2) is 34.9 Å². The molecule has 0 aliphatic carbocycles. The molecule has 1 aromatic carbocycles. The van der Waals surface area contributed by atoms with Crippen LogP contribution in [0.5, 0.6) is 0 Å². The molecule has 6 nitrogen and oxygen atoms in total. The van der Waals surface area contributed by atoms with Gasteiger partial charge in [-0.05, 0) is 37.8 Å². The quantitative estimate of drug-likeness (QED) is 0.796. The molecule has 2 aliphatic rings. The fraction of sp³-hybridized carbons (Fsp3) is 0.591. The summed E-state index contributed by atoms with van der Waals surface area (Å²) < 4.78 is 5.68. The highest BCUT2D eigenvalue weighted by atomic mass is 16.5. The number of piperidine rings is 1. The molecule has 0 spiro atoms. The lowest BCUT2D eigenvalue weighted by atomic mass is 9.73. The van der Waals surface area contributed by atoms with Gasteiger partial charge in [0.15, 0.2) is 5.82 Å². The minimum Gasteiger partial charge on any atom is -0.341 e. The second-order valence-electron chi connectivity index (χ2n) is 8.67. The number of nitrogens with zero attached hydrogens (tertiary/aromatic N) is 4. The molecule has 6 heteroatoms. The highest BCUT2D eigenvalue weighted by Gasteiger charge is 2.55. The average Bonchev–Trinajstić information content (AvgIpc) is 3.30. The van der Waals surface area contributed by atoms with Gasteiger partial charge in [-0.3, -0.25) is 4.79 Å². The molecule has 4 rings (SSSR count).